The minimum absolute atomic E-state index is 0.706. The molecule has 24 heavy (non-hydrogen) atoms. The van der Waals surface area contributed by atoms with Gasteiger partial charge >= 0.3 is 0 Å². The molecule has 0 aliphatic heterocycles. The van der Waals surface area contributed by atoms with Crippen molar-refractivity contribution in [2.24, 2.45) is 53.1 Å². The minimum Gasteiger partial charge on any atom is -0.376 e. The summed E-state index contributed by atoms with van der Waals surface area (Å²) in [5.74, 6) is 7.76. The van der Waals surface area contributed by atoms with Crippen LogP contribution in [0, 0.1) is 47.3 Å². The molecule has 2 N–H and O–H groups in total. The fraction of sp³-hybridized carbons (Fsp3) is 0.952. The third-order valence-electron chi connectivity index (χ3n) is 9.25. The van der Waals surface area contributed by atoms with Crippen molar-refractivity contribution in [3.8, 4) is 0 Å². The van der Waals surface area contributed by atoms with Gasteiger partial charge in [-0.05, 0) is 124 Å². The molecule has 8 aliphatic rings. The van der Waals surface area contributed by atoms with Gasteiger partial charge in [0, 0.05) is 12.1 Å². The molecular formula is C21H32N2S. The summed E-state index contributed by atoms with van der Waals surface area (Å²) in [6.45, 7) is 0. The van der Waals surface area contributed by atoms with Crippen LogP contribution in [0.3, 0.4) is 0 Å². The lowest BCUT2D eigenvalue weighted by atomic mass is 9.51. The average molecular weight is 345 g/mol. The van der Waals surface area contributed by atoms with Crippen LogP contribution in [0.1, 0.15) is 64.2 Å². The van der Waals surface area contributed by atoms with Gasteiger partial charge in [-0.3, -0.25) is 0 Å². The van der Waals surface area contributed by atoms with Gasteiger partial charge in [-0.25, -0.2) is 0 Å². The fourth-order valence-corrected chi connectivity index (χ4v) is 9.44. The van der Waals surface area contributed by atoms with E-state index in [-0.39, 0.29) is 0 Å². The first-order chi connectivity index (χ1) is 11.7. The molecule has 8 bridgehead atoms. The van der Waals surface area contributed by atoms with Gasteiger partial charge in [0.1, 0.15) is 0 Å². The highest BCUT2D eigenvalue weighted by atomic mass is 32.1. The Balaban J connectivity index is 1.34. The number of hydrogen-bond acceptors (Lipinski definition) is 1. The van der Waals surface area contributed by atoms with Crippen molar-refractivity contribution < 1.29 is 0 Å². The number of thiocarbonyl (C=S) groups is 1. The summed E-state index contributed by atoms with van der Waals surface area (Å²) < 4.78 is 0. The fourth-order valence-electron chi connectivity index (χ4n) is 9.19. The summed E-state index contributed by atoms with van der Waals surface area (Å²) in [6, 6.07) is 1.41. The van der Waals surface area contributed by atoms with Crippen LogP contribution < -0.4 is 5.73 Å². The molecule has 8 saturated carbocycles. The molecule has 0 saturated heterocycles. The standard InChI is InChI=1S/C21H32N2S/c22-21(24)23(19-15-3-11-1-12(5-15)6-16(19)4-11)20-17-7-13-2-14(9-17)10-18(20)8-13/h11-20H,1-10H2,(H2,22,24). The van der Waals surface area contributed by atoms with Crippen LogP contribution in [0.5, 0.6) is 0 Å². The lowest BCUT2D eigenvalue weighted by Crippen LogP contribution is -2.66. The molecule has 0 aromatic carbocycles. The van der Waals surface area contributed by atoms with Crippen molar-refractivity contribution >= 4 is 17.3 Å². The Kier molecular flexibility index (Phi) is 3.16. The molecule has 3 heteroatoms. The first-order valence-corrected chi connectivity index (χ1v) is 11.1. The number of hydrogen-bond donors (Lipinski definition) is 1. The monoisotopic (exact) mass is 344 g/mol. The van der Waals surface area contributed by atoms with Crippen LogP contribution in [0.2, 0.25) is 0 Å². The van der Waals surface area contributed by atoms with E-state index < -0.39 is 0 Å². The molecule has 0 aromatic rings. The lowest BCUT2D eigenvalue weighted by Gasteiger charge is -2.63. The van der Waals surface area contributed by atoms with E-state index in [0.717, 1.165) is 52.5 Å². The Morgan fingerprint density at radius 1 is 0.583 bits per heavy atom. The van der Waals surface area contributed by atoms with Crippen molar-refractivity contribution in [1.82, 2.24) is 4.90 Å². The van der Waals surface area contributed by atoms with Gasteiger partial charge < -0.3 is 10.6 Å². The highest BCUT2D eigenvalue weighted by Crippen LogP contribution is 2.59. The molecule has 132 valence electrons. The molecule has 0 atom stereocenters. The van der Waals surface area contributed by atoms with Gasteiger partial charge in [-0.15, -0.1) is 0 Å². The highest BCUT2D eigenvalue weighted by molar-refractivity contribution is 7.80. The summed E-state index contributed by atoms with van der Waals surface area (Å²) in [6.07, 6.45) is 14.9. The molecule has 8 fully saturated rings. The Bertz CT molecular complexity index is 460. The molecule has 0 aromatic heterocycles. The Morgan fingerprint density at radius 2 is 0.875 bits per heavy atom. The quantitative estimate of drug-likeness (QED) is 0.762. The van der Waals surface area contributed by atoms with E-state index in [1.54, 1.807) is 0 Å². The van der Waals surface area contributed by atoms with Crippen molar-refractivity contribution in [1.29, 1.82) is 0 Å². The SMILES string of the molecule is NC(=S)N(C1C2CC3CC(C2)CC1C3)C1C2CC3CC(C2)CC1C3. The van der Waals surface area contributed by atoms with E-state index in [9.17, 15) is 0 Å². The zero-order valence-electron chi connectivity index (χ0n) is 14.8. The summed E-state index contributed by atoms with van der Waals surface area (Å²) in [5, 5.41) is 0.755. The first kappa shape index (κ1) is 14.8. The van der Waals surface area contributed by atoms with Gasteiger partial charge in [0.2, 0.25) is 0 Å². The zero-order chi connectivity index (χ0) is 16.0. The van der Waals surface area contributed by atoms with Crippen molar-refractivity contribution in [3.63, 3.8) is 0 Å². The third-order valence-corrected chi connectivity index (χ3v) is 9.46. The maximum Gasteiger partial charge on any atom is 0.166 e. The molecule has 0 heterocycles. The summed E-state index contributed by atoms with van der Waals surface area (Å²) in [5.41, 5.74) is 6.45. The van der Waals surface area contributed by atoms with E-state index >= 15 is 0 Å². The molecular weight excluding hydrogens is 312 g/mol. The van der Waals surface area contributed by atoms with Gasteiger partial charge in [-0.2, -0.15) is 0 Å². The lowest BCUT2D eigenvalue weighted by molar-refractivity contribution is -0.105. The average Bonchev–Trinajstić information content (AvgIpc) is 2.50. The first-order valence-electron chi connectivity index (χ1n) is 10.7. The Labute approximate surface area is 151 Å². The molecule has 8 aliphatic carbocycles. The third kappa shape index (κ3) is 2.03. The van der Waals surface area contributed by atoms with Crippen molar-refractivity contribution in [2.75, 3.05) is 0 Å². The topological polar surface area (TPSA) is 29.3 Å². The summed E-state index contributed by atoms with van der Waals surface area (Å²) in [4.78, 5) is 2.69. The van der Waals surface area contributed by atoms with Crippen LogP contribution >= 0.6 is 12.2 Å². The predicted octanol–water partition coefficient (Wildman–Crippen LogP) is 4.18. The Morgan fingerprint density at radius 3 is 1.12 bits per heavy atom. The second kappa shape index (κ2) is 5.11. The van der Waals surface area contributed by atoms with E-state index in [1.165, 1.54) is 64.2 Å². The van der Waals surface area contributed by atoms with Crippen LogP contribution in [0.15, 0.2) is 0 Å². The Hall–Kier alpha value is -0.310. The zero-order valence-corrected chi connectivity index (χ0v) is 15.6. The normalized spacial score (nSPS) is 56.7. The molecule has 2 nitrogen and oxygen atoms in total. The highest BCUT2D eigenvalue weighted by Gasteiger charge is 2.56. The number of nitrogens with two attached hydrogens (primary N) is 1. The minimum atomic E-state index is 0.706. The van der Waals surface area contributed by atoms with Crippen LogP contribution in [0.25, 0.3) is 0 Å². The van der Waals surface area contributed by atoms with Gasteiger partial charge in [0.25, 0.3) is 0 Å². The summed E-state index contributed by atoms with van der Waals surface area (Å²) >= 11 is 5.72. The largest absolute Gasteiger partial charge is 0.376 e. The van der Waals surface area contributed by atoms with E-state index in [4.69, 9.17) is 18.0 Å². The van der Waals surface area contributed by atoms with Crippen molar-refractivity contribution in [2.45, 2.75) is 76.3 Å². The van der Waals surface area contributed by atoms with Gasteiger partial charge in [0.15, 0.2) is 5.11 Å². The van der Waals surface area contributed by atoms with Gasteiger partial charge in [-0.1, -0.05) is 0 Å². The van der Waals surface area contributed by atoms with Crippen LogP contribution in [-0.4, -0.2) is 22.1 Å². The smallest absolute Gasteiger partial charge is 0.166 e. The molecule has 0 unspecified atom stereocenters. The van der Waals surface area contributed by atoms with E-state index in [2.05, 4.69) is 4.90 Å². The number of nitrogens with zero attached hydrogens (tertiary/aromatic N) is 1. The van der Waals surface area contributed by atoms with Gasteiger partial charge in [0.05, 0.1) is 0 Å². The van der Waals surface area contributed by atoms with Crippen LogP contribution in [0.4, 0.5) is 0 Å². The maximum atomic E-state index is 6.45. The number of rotatable bonds is 2. The second-order valence-electron chi connectivity index (χ2n) is 10.6. The molecule has 8 rings (SSSR count). The molecule has 0 radical (unpaired) electrons. The maximum absolute atomic E-state index is 6.45. The van der Waals surface area contributed by atoms with Crippen LogP contribution in [-0.2, 0) is 0 Å². The second-order valence-corrected chi connectivity index (χ2v) is 11.0. The molecule has 0 amide bonds. The predicted molar refractivity (Wildman–Crippen MR) is 100 cm³/mol. The van der Waals surface area contributed by atoms with Crippen molar-refractivity contribution in [3.05, 3.63) is 0 Å². The molecule has 0 spiro atoms. The summed E-state index contributed by atoms with van der Waals surface area (Å²) in [7, 11) is 0. The van der Waals surface area contributed by atoms with E-state index in [1.807, 2.05) is 0 Å². The van der Waals surface area contributed by atoms with E-state index in [0.29, 0.717) is 12.1 Å².